The van der Waals surface area contributed by atoms with E-state index >= 15 is 0 Å². The van der Waals surface area contributed by atoms with Crippen LogP contribution in [0.2, 0.25) is 0 Å². The van der Waals surface area contributed by atoms with E-state index in [-0.39, 0.29) is 12.2 Å². The van der Waals surface area contributed by atoms with Gasteiger partial charge >= 0.3 is 12.0 Å². The predicted molar refractivity (Wildman–Crippen MR) is 64.8 cm³/mol. The summed E-state index contributed by atoms with van der Waals surface area (Å²) in [5.74, 6) is -1.11. The maximum atomic E-state index is 12.0. The topological polar surface area (TPSA) is 82.5 Å². The van der Waals surface area contributed by atoms with E-state index in [0.29, 0.717) is 11.4 Å². The van der Waals surface area contributed by atoms with Gasteiger partial charge in [0.1, 0.15) is 0 Å². The number of carbonyl (C=O) groups is 2. The fourth-order valence-electron chi connectivity index (χ4n) is 1.23. The second kappa shape index (κ2) is 6.98. The number of thiazole rings is 1. The van der Waals surface area contributed by atoms with Gasteiger partial charge in [0.25, 0.3) is 6.43 Å². The molecule has 2 amide bonds. The molecule has 106 valence electrons. The summed E-state index contributed by atoms with van der Waals surface area (Å²) < 4.78 is 24.1. The van der Waals surface area contributed by atoms with Gasteiger partial charge in [-0.25, -0.2) is 23.4 Å². The van der Waals surface area contributed by atoms with Crippen LogP contribution in [-0.4, -0.2) is 53.6 Å². The number of nitrogens with one attached hydrogen (secondary N) is 1. The molecule has 0 unspecified atom stereocenters. The van der Waals surface area contributed by atoms with E-state index in [0.717, 1.165) is 4.90 Å². The molecule has 0 atom stereocenters. The average Bonchev–Trinajstić information content (AvgIpc) is 2.76. The maximum Gasteiger partial charge on any atom is 0.355 e. The van der Waals surface area contributed by atoms with Gasteiger partial charge in [0.2, 0.25) is 0 Å². The summed E-state index contributed by atoms with van der Waals surface area (Å²) in [4.78, 5) is 26.7. The number of amides is 2. The molecule has 9 heteroatoms. The van der Waals surface area contributed by atoms with Crippen molar-refractivity contribution >= 4 is 23.3 Å². The summed E-state index contributed by atoms with van der Waals surface area (Å²) in [5.41, 5.74) is -0.0406. The SMILES string of the molecule is CN(CC(F)F)C(=O)NCCc1nc(C(=O)O)cs1. The molecule has 0 aliphatic heterocycles. The molecule has 6 nitrogen and oxygen atoms in total. The summed E-state index contributed by atoms with van der Waals surface area (Å²) >= 11 is 1.17. The molecule has 0 saturated carbocycles. The minimum atomic E-state index is -2.58. The molecule has 0 aromatic carbocycles. The number of aromatic nitrogens is 1. The summed E-state index contributed by atoms with van der Waals surface area (Å²) in [6.45, 7) is -0.425. The van der Waals surface area contributed by atoms with Gasteiger partial charge in [0.05, 0.1) is 11.6 Å². The zero-order valence-electron chi connectivity index (χ0n) is 10.1. The van der Waals surface area contributed by atoms with Gasteiger partial charge in [-0.2, -0.15) is 0 Å². The molecule has 0 aliphatic rings. The average molecular weight is 293 g/mol. The van der Waals surface area contributed by atoms with Crippen molar-refractivity contribution in [3.63, 3.8) is 0 Å². The van der Waals surface area contributed by atoms with Crippen molar-refractivity contribution in [1.29, 1.82) is 0 Å². The Morgan fingerprint density at radius 2 is 2.26 bits per heavy atom. The van der Waals surface area contributed by atoms with Crippen LogP contribution in [0.3, 0.4) is 0 Å². The lowest BCUT2D eigenvalue weighted by Gasteiger charge is -2.16. The number of aromatic carboxylic acids is 1. The predicted octanol–water partition coefficient (Wildman–Crippen LogP) is 1.29. The molecule has 0 radical (unpaired) electrons. The van der Waals surface area contributed by atoms with Crippen LogP contribution in [0.1, 0.15) is 15.5 Å². The van der Waals surface area contributed by atoms with Crippen LogP contribution in [0, 0.1) is 0 Å². The minimum absolute atomic E-state index is 0.0406. The van der Waals surface area contributed by atoms with Crippen LogP contribution in [-0.2, 0) is 6.42 Å². The first-order valence-corrected chi connectivity index (χ1v) is 6.23. The number of halogens is 2. The quantitative estimate of drug-likeness (QED) is 0.828. The van der Waals surface area contributed by atoms with Gasteiger partial charge in [0, 0.05) is 25.4 Å². The summed E-state index contributed by atoms with van der Waals surface area (Å²) in [7, 11) is 1.27. The molecule has 0 fully saturated rings. The molecule has 1 aromatic rings. The first-order chi connectivity index (χ1) is 8.90. The molecule has 1 rings (SSSR count). The van der Waals surface area contributed by atoms with Crippen LogP contribution in [0.15, 0.2) is 5.38 Å². The number of nitrogens with zero attached hydrogens (tertiary/aromatic N) is 2. The lowest BCUT2D eigenvalue weighted by atomic mass is 10.4. The standard InChI is InChI=1S/C10H13F2N3O3S/c1-15(4-7(11)12)10(18)13-3-2-8-14-6(5-19-8)9(16)17/h5,7H,2-4H2,1H3,(H,13,18)(H,16,17). The minimum Gasteiger partial charge on any atom is -0.476 e. The molecule has 0 aliphatic carbocycles. The highest BCUT2D eigenvalue weighted by atomic mass is 32.1. The number of alkyl halides is 2. The third kappa shape index (κ3) is 5.16. The summed E-state index contributed by atoms with van der Waals surface area (Å²) in [6.07, 6.45) is -2.22. The summed E-state index contributed by atoms with van der Waals surface area (Å²) in [5, 5.41) is 13.1. The Morgan fingerprint density at radius 3 is 2.79 bits per heavy atom. The molecular formula is C10H13F2N3O3S. The molecule has 0 spiro atoms. The fraction of sp³-hybridized carbons (Fsp3) is 0.500. The van der Waals surface area contributed by atoms with E-state index in [2.05, 4.69) is 10.3 Å². The highest BCUT2D eigenvalue weighted by Crippen LogP contribution is 2.09. The molecule has 0 bridgehead atoms. The van der Waals surface area contributed by atoms with Crippen molar-refractivity contribution in [3.8, 4) is 0 Å². The van der Waals surface area contributed by atoms with Gasteiger partial charge < -0.3 is 15.3 Å². The van der Waals surface area contributed by atoms with Gasteiger partial charge in [-0.1, -0.05) is 0 Å². The third-order valence-electron chi connectivity index (χ3n) is 2.14. The largest absolute Gasteiger partial charge is 0.476 e. The number of carboxylic acids is 1. The smallest absolute Gasteiger partial charge is 0.355 e. The van der Waals surface area contributed by atoms with Crippen LogP contribution in [0.25, 0.3) is 0 Å². The van der Waals surface area contributed by atoms with Crippen LogP contribution >= 0.6 is 11.3 Å². The van der Waals surface area contributed by atoms with E-state index in [1.807, 2.05) is 0 Å². The van der Waals surface area contributed by atoms with E-state index in [1.165, 1.54) is 23.8 Å². The van der Waals surface area contributed by atoms with Gasteiger partial charge in [-0.15, -0.1) is 11.3 Å². The third-order valence-corrected chi connectivity index (χ3v) is 3.05. The monoisotopic (exact) mass is 293 g/mol. The Bertz CT molecular complexity index is 453. The lowest BCUT2D eigenvalue weighted by molar-refractivity contribution is 0.0691. The lowest BCUT2D eigenvalue weighted by Crippen LogP contribution is -2.40. The van der Waals surface area contributed by atoms with E-state index < -0.39 is 25.0 Å². The molecule has 2 N–H and O–H groups in total. The maximum absolute atomic E-state index is 12.0. The highest BCUT2D eigenvalue weighted by Gasteiger charge is 2.13. The normalized spacial score (nSPS) is 10.5. The van der Waals surface area contributed by atoms with Crippen LogP contribution in [0.5, 0.6) is 0 Å². The second-order valence-corrected chi connectivity index (χ2v) is 4.63. The Balaban J connectivity index is 2.33. The van der Waals surface area contributed by atoms with Crippen molar-refractivity contribution in [1.82, 2.24) is 15.2 Å². The van der Waals surface area contributed by atoms with Gasteiger partial charge in [0.15, 0.2) is 5.69 Å². The molecular weight excluding hydrogens is 280 g/mol. The number of hydrogen-bond donors (Lipinski definition) is 2. The first kappa shape index (κ1) is 15.3. The molecule has 1 aromatic heterocycles. The van der Waals surface area contributed by atoms with Crippen LogP contribution < -0.4 is 5.32 Å². The molecule has 0 saturated heterocycles. The Kier molecular flexibility index (Phi) is 5.61. The van der Waals surface area contributed by atoms with E-state index in [9.17, 15) is 18.4 Å². The number of carbonyl (C=O) groups excluding carboxylic acids is 1. The van der Waals surface area contributed by atoms with E-state index in [1.54, 1.807) is 0 Å². The van der Waals surface area contributed by atoms with Crippen LogP contribution in [0.4, 0.5) is 13.6 Å². The Morgan fingerprint density at radius 1 is 1.58 bits per heavy atom. The van der Waals surface area contributed by atoms with Crippen molar-refractivity contribution in [2.75, 3.05) is 20.1 Å². The van der Waals surface area contributed by atoms with Crippen molar-refractivity contribution in [2.45, 2.75) is 12.8 Å². The number of urea groups is 1. The van der Waals surface area contributed by atoms with Crippen molar-refractivity contribution in [3.05, 3.63) is 16.1 Å². The van der Waals surface area contributed by atoms with Crippen molar-refractivity contribution in [2.24, 2.45) is 0 Å². The first-order valence-electron chi connectivity index (χ1n) is 5.35. The van der Waals surface area contributed by atoms with Gasteiger partial charge in [-0.3, -0.25) is 0 Å². The zero-order valence-corrected chi connectivity index (χ0v) is 10.9. The molecule has 19 heavy (non-hydrogen) atoms. The van der Waals surface area contributed by atoms with Crippen molar-refractivity contribution < 1.29 is 23.5 Å². The number of rotatable bonds is 6. The highest BCUT2D eigenvalue weighted by molar-refractivity contribution is 7.09. The number of carboxylic acid groups (broad SMARTS) is 1. The Labute approximate surface area is 112 Å². The summed E-state index contributed by atoms with van der Waals surface area (Å²) in [6, 6.07) is -0.602. The fourth-order valence-corrected chi connectivity index (χ4v) is 2.00. The molecule has 1 heterocycles. The zero-order chi connectivity index (χ0) is 14.4. The van der Waals surface area contributed by atoms with E-state index in [4.69, 9.17) is 5.11 Å². The second-order valence-electron chi connectivity index (χ2n) is 3.69. The Hall–Kier alpha value is -1.77. The van der Waals surface area contributed by atoms with Gasteiger partial charge in [-0.05, 0) is 0 Å². The number of hydrogen-bond acceptors (Lipinski definition) is 4.